The molecule has 0 bridgehead atoms. The summed E-state index contributed by atoms with van der Waals surface area (Å²) in [6, 6.07) is 11.1. The molecule has 0 spiro atoms. The summed E-state index contributed by atoms with van der Waals surface area (Å²) < 4.78 is 70.8. The smallest absolute Gasteiger partial charge is 1.00 e. The summed E-state index contributed by atoms with van der Waals surface area (Å²) in [6.45, 7) is 14.7. The van der Waals surface area contributed by atoms with Crippen molar-refractivity contribution in [1.29, 1.82) is 10.5 Å². The first kappa shape index (κ1) is 89.2. The van der Waals surface area contributed by atoms with Crippen LogP contribution >= 0.6 is 70.0 Å². The van der Waals surface area contributed by atoms with Gasteiger partial charge >= 0.3 is 127 Å². The minimum Gasteiger partial charge on any atom is -1.00 e. The number of carbonyl (C=O) groups excluding carboxylic acids is 3. The van der Waals surface area contributed by atoms with E-state index in [1.165, 1.54) is 73.8 Å². The molecule has 6 aromatic rings. The van der Waals surface area contributed by atoms with Crippen molar-refractivity contribution in [3.63, 3.8) is 0 Å². The first-order valence-electron chi connectivity index (χ1n) is 27.6. The normalized spacial score (nSPS) is 12.3. The molecule has 3 aromatic heterocycles. The number of carboxylic acid groups (broad SMARTS) is 2. The molecule has 0 unspecified atom stereocenters. The molecule has 0 radical (unpaired) electrons. The van der Waals surface area contributed by atoms with Gasteiger partial charge in [-0.25, -0.2) is 42.5 Å². The number of carboxylic acids is 2. The number of rotatable bonds is 23. The number of nitrogens with one attached hydrogen (secondary N) is 1. The van der Waals surface area contributed by atoms with Gasteiger partial charge in [0.05, 0.1) is 64.1 Å². The van der Waals surface area contributed by atoms with Crippen molar-refractivity contribution in [2.45, 2.75) is 90.5 Å². The van der Waals surface area contributed by atoms with E-state index in [9.17, 15) is 32.3 Å². The van der Waals surface area contributed by atoms with Gasteiger partial charge in [-0.1, -0.05) is 0 Å². The van der Waals surface area contributed by atoms with Crippen molar-refractivity contribution in [3.05, 3.63) is 68.9 Å². The fraction of sp³-hybridized carbons (Fsp3) is 0.491. The molecule has 0 fully saturated rings. The van der Waals surface area contributed by atoms with Crippen LogP contribution in [0.4, 0.5) is 22.8 Å². The Balaban J connectivity index is 0. The molecule has 502 valence electrons. The van der Waals surface area contributed by atoms with Gasteiger partial charge in [0, 0.05) is 87.4 Å². The largest absolute Gasteiger partial charge is 1.00 e. The Hall–Kier alpha value is -3.78. The number of fused-ring (bicyclic) bond motifs is 3. The summed E-state index contributed by atoms with van der Waals surface area (Å²) in [4.78, 5) is 74.7. The molecule has 36 heteroatoms. The number of thioether (sulfide) groups is 1. The molecule has 4 heterocycles. The van der Waals surface area contributed by atoms with Crippen LogP contribution < -0.4 is 139 Å². The van der Waals surface area contributed by atoms with Crippen molar-refractivity contribution in [1.82, 2.24) is 30.1 Å². The molecule has 1 aliphatic rings. The molecule has 2 atom stereocenters. The van der Waals surface area contributed by atoms with E-state index in [-0.39, 0.29) is 151 Å². The van der Waals surface area contributed by atoms with Crippen LogP contribution in [0.2, 0.25) is 0 Å². The molecule has 93 heavy (non-hydrogen) atoms. The summed E-state index contributed by atoms with van der Waals surface area (Å²) >= 11 is 14.3. The summed E-state index contributed by atoms with van der Waals surface area (Å²) in [7, 11) is 7.18. The van der Waals surface area contributed by atoms with E-state index >= 15 is 0 Å². The molecular formula is C57H76ClF3K2N11O14S5+. The van der Waals surface area contributed by atoms with Gasteiger partial charge < -0.3 is 71.6 Å². The molecule has 7 N–H and O–H groups in total. The number of amides is 2. The quantitative estimate of drug-likeness (QED) is 0.0102. The van der Waals surface area contributed by atoms with E-state index in [0.717, 1.165) is 41.8 Å². The van der Waals surface area contributed by atoms with Crippen LogP contribution in [0.1, 0.15) is 83.7 Å². The number of hydrogen-bond acceptors (Lipinski definition) is 25. The van der Waals surface area contributed by atoms with Gasteiger partial charge in [0.25, 0.3) is 6.47 Å². The minimum absolute atomic E-state index is 0. The van der Waals surface area contributed by atoms with Crippen LogP contribution in [0.25, 0.3) is 30.6 Å². The molecule has 25 nitrogen and oxygen atoms in total. The second-order valence-corrected chi connectivity index (χ2v) is 25.5. The summed E-state index contributed by atoms with van der Waals surface area (Å²) in [6.07, 6.45) is 2.26. The zero-order valence-corrected chi connectivity index (χ0v) is 64.9. The molecule has 3 aromatic carbocycles. The van der Waals surface area contributed by atoms with Crippen LogP contribution in [0.5, 0.6) is 17.2 Å². The van der Waals surface area contributed by atoms with Crippen LogP contribution in [0.15, 0.2) is 41.4 Å². The van der Waals surface area contributed by atoms with Crippen LogP contribution in [0, 0.1) is 40.1 Å². The number of hydrogen-bond donors (Lipinski definition) is 6. The Morgan fingerprint density at radius 1 is 0.796 bits per heavy atom. The number of carbonyl (C=O) groups is 5. The Morgan fingerprint density at radius 3 is 1.57 bits per heavy atom. The zero-order valence-electron chi connectivity index (χ0n) is 54.7. The number of aliphatic carboxylic acids is 2. The fourth-order valence-electron chi connectivity index (χ4n) is 6.55. The Morgan fingerprint density at radius 2 is 1.22 bits per heavy atom. The number of nitrogens with zero attached hydrogens (tertiary/aromatic N) is 8. The number of aromatic nitrogens is 3. The van der Waals surface area contributed by atoms with E-state index in [4.69, 9.17) is 71.8 Å². The van der Waals surface area contributed by atoms with Gasteiger partial charge in [-0.2, -0.15) is 23.2 Å². The number of aliphatic imine (C=N–C) groups is 1. The van der Waals surface area contributed by atoms with E-state index in [1.807, 2.05) is 52.3 Å². The maximum absolute atomic E-state index is 14.1. The number of nitriles is 2. The average molecular weight is 1470 g/mol. The van der Waals surface area contributed by atoms with Crippen LogP contribution in [-0.4, -0.2) is 185 Å². The van der Waals surface area contributed by atoms with Crippen molar-refractivity contribution < 1.29 is 191 Å². The molecular weight excluding hydrogens is 1390 g/mol. The van der Waals surface area contributed by atoms with E-state index in [2.05, 4.69) is 42.8 Å². The van der Waals surface area contributed by atoms with Gasteiger partial charge in [0.2, 0.25) is 0 Å². The number of halogens is 4. The van der Waals surface area contributed by atoms with Crippen LogP contribution in [0.3, 0.4) is 0 Å². The molecule has 0 saturated carbocycles. The van der Waals surface area contributed by atoms with Crippen molar-refractivity contribution in [3.8, 4) is 29.4 Å². The molecule has 0 saturated heterocycles. The van der Waals surface area contributed by atoms with Crippen molar-refractivity contribution in [2.75, 3.05) is 91.6 Å². The predicted molar refractivity (Wildman–Crippen MR) is 346 cm³/mol. The monoisotopic (exact) mass is 1470 g/mol. The van der Waals surface area contributed by atoms with E-state index in [0.29, 0.717) is 80.7 Å². The van der Waals surface area contributed by atoms with Gasteiger partial charge in [-0.3, -0.25) is 14.6 Å². The SMILES string of the molecule is CN(CCCCl)C(=O)OC(C)(C)C.CN(CCCOc1cc2sc(C#N)nc2cc1F)C(=O)OC(C)(C)C.CNCCCOc1cc2sc(C3=N[C@@H](C(=O)O)CS3)nc2cc1F.C[NH2+]CCCOc1cc2sc(C#N)nc2cc1F.N[C@H](CS)C(=O)O.O=CO[O-].[H-].[K+].[K+]. The van der Waals surface area contributed by atoms with Crippen LogP contribution in [-0.2, 0) is 28.7 Å². The summed E-state index contributed by atoms with van der Waals surface area (Å²) in [5.74, 6) is -1.66. The second-order valence-electron chi connectivity index (χ2n) is 20.7. The maximum Gasteiger partial charge on any atom is 1.00 e. The number of thiol groups is 1. The zero-order chi connectivity index (χ0) is 68.4. The number of thiazole rings is 3. The number of alkyl halides is 1. The van der Waals surface area contributed by atoms with Gasteiger partial charge in [-0.05, 0) is 74.4 Å². The van der Waals surface area contributed by atoms with Gasteiger partial charge in [0.15, 0.2) is 50.8 Å². The summed E-state index contributed by atoms with van der Waals surface area (Å²) in [5.41, 5.74) is 5.44. The topological polar surface area (TPSA) is 364 Å². The third-order valence-electron chi connectivity index (χ3n) is 10.8. The number of benzene rings is 3. The average Bonchev–Trinajstić information content (AvgIpc) is 1.66. The second kappa shape index (κ2) is 47.2. The van der Waals surface area contributed by atoms with Crippen molar-refractivity contribution in [2.24, 2.45) is 10.7 Å². The fourth-order valence-corrected chi connectivity index (χ4v) is 10.4. The Labute approximate surface area is 650 Å². The van der Waals surface area contributed by atoms with Crippen molar-refractivity contribution >= 4 is 136 Å². The first-order valence-corrected chi connectivity index (χ1v) is 32.2. The molecule has 0 aliphatic carbocycles. The van der Waals surface area contributed by atoms with E-state index < -0.39 is 58.8 Å². The standard InChI is InChI=1S/C17H20FN3O3S.C15H16FN3O3S2.C12H12FN3OS.C9H18ClNO2.C3H7NO2S.CH2O3.2K.H/c1-17(2,3)24-16(22)21(4)6-5-7-23-13-9-14-12(8-11(13)18)20-15(10-19)25-14;1-17-3-2-4-22-11-6-12-9(5-8(11)16)18-14(24-12)13-19-10(7-23-13)15(20)21;1-15-3-2-4-17-10-6-11-9(5-8(10)13)16-12(7-14)18-11;1-9(2,3)13-8(12)11(4)7-5-6-10;4-2(1-7)3(5)6;2-1-4-3;;;/h8-9H,5-7H2,1-4H3;5-6,10,17H,2-4,7H2,1H3,(H,20,21);5-6,15H,2-4H2,1H3;5-7H2,1-4H3;2,7H,1,4H2,(H,5,6);1,3H;;;/q;;;;;;2*+1;-1/t;10-;;;2-;;;;/m.1..1..../s1. The third kappa shape index (κ3) is 34.8. The third-order valence-corrected chi connectivity index (χ3v) is 15.6. The molecule has 7 rings (SSSR count). The summed E-state index contributed by atoms with van der Waals surface area (Å²) in [5, 5.41) is 49.9. The minimum atomic E-state index is -1.00. The molecule has 1 aliphatic heterocycles. The van der Waals surface area contributed by atoms with Gasteiger partial charge in [0.1, 0.15) is 39.4 Å². The Bertz CT molecular complexity index is 3430. The maximum atomic E-state index is 14.1. The van der Waals surface area contributed by atoms with E-state index in [1.54, 1.807) is 53.1 Å². The first-order chi connectivity index (χ1) is 43.0. The number of nitrogens with two attached hydrogens (primary N) is 2. The number of ether oxygens (including phenoxy) is 5. The number of quaternary nitrogens is 1. The van der Waals surface area contributed by atoms with Gasteiger partial charge in [-0.15, -0.1) is 57.4 Å². The molecule has 2 amide bonds. The predicted octanol–water partition coefficient (Wildman–Crippen LogP) is 1.95. The Kier molecular flexibility index (Phi) is 45.3.